The Morgan fingerprint density at radius 3 is 2.63 bits per heavy atom. The molecule has 1 fully saturated rings. The molecule has 7 heteroatoms. The van der Waals surface area contributed by atoms with E-state index in [-0.39, 0.29) is 0 Å². The van der Waals surface area contributed by atoms with Gasteiger partial charge in [-0.3, -0.25) is 4.72 Å². The molecule has 0 bridgehead atoms. The Morgan fingerprint density at radius 2 is 1.90 bits per heavy atom. The molecule has 5 rings (SSSR count). The van der Waals surface area contributed by atoms with Crippen LogP contribution < -0.4 is 10.0 Å². The van der Waals surface area contributed by atoms with Crippen LogP contribution in [0.15, 0.2) is 51.9 Å². The van der Waals surface area contributed by atoms with Gasteiger partial charge in [0.2, 0.25) is 5.95 Å². The molecule has 0 unspecified atom stereocenters. The fourth-order valence-electron chi connectivity index (χ4n) is 4.11. The second kappa shape index (κ2) is 8.16. The lowest BCUT2D eigenvalue weighted by atomic mass is 10.0. The molecule has 2 heterocycles. The summed E-state index contributed by atoms with van der Waals surface area (Å²) < 4.78 is 9.07. The average molecular weight is 420 g/mol. The highest BCUT2D eigenvalue weighted by Gasteiger charge is 2.19. The molecule has 2 aromatic heterocycles. The molecule has 0 aliphatic heterocycles. The van der Waals surface area contributed by atoms with Gasteiger partial charge in [-0.15, -0.1) is 0 Å². The Bertz CT molecular complexity index is 1140. The number of anilines is 2. The third-order valence-corrected chi connectivity index (χ3v) is 6.58. The molecule has 1 aliphatic rings. The molecule has 1 saturated carbocycles. The summed E-state index contributed by atoms with van der Waals surface area (Å²) in [5, 5.41) is 7.50. The van der Waals surface area contributed by atoms with Crippen molar-refractivity contribution in [3.8, 4) is 11.1 Å². The quantitative estimate of drug-likeness (QED) is 0.327. The number of para-hydroxylation sites is 1. The second-order valence-electron chi connectivity index (χ2n) is 7.85. The lowest BCUT2D eigenvalue weighted by Crippen LogP contribution is -2.18. The first-order chi connectivity index (χ1) is 14.7. The van der Waals surface area contributed by atoms with E-state index in [1.54, 1.807) is 11.9 Å². The SMILES string of the molecule is Cc1noc(C)c1-c1cc(SNC2CCCC2)c2nc(Nc3ccccc3)[nH]c2c1. The van der Waals surface area contributed by atoms with Crippen LogP contribution in [-0.2, 0) is 0 Å². The van der Waals surface area contributed by atoms with Crippen molar-refractivity contribution in [3.63, 3.8) is 0 Å². The monoisotopic (exact) mass is 419 g/mol. The number of benzene rings is 2. The zero-order valence-corrected chi connectivity index (χ0v) is 18.0. The molecule has 1 aliphatic carbocycles. The fourth-order valence-corrected chi connectivity index (χ4v) is 5.08. The number of hydrogen-bond donors (Lipinski definition) is 3. The van der Waals surface area contributed by atoms with Crippen molar-refractivity contribution < 1.29 is 4.52 Å². The van der Waals surface area contributed by atoms with Crippen LogP contribution in [0.3, 0.4) is 0 Å². The lowest BCUT2D eigenvalue weighted by molar-refractivity contribution is 0.393. The summed E-state index contributed by atoms with van der Waals surface area (Å²) in [6.45, 7) is 3.94. The molecular weight excluding hydrogens is 394 g/mol. The number of hydrogen-bond acceptors (Lipinski definition) is 6. The van der Waals surface area contributed by atoms with Crippen molar-refractivity contribution in [3.05, 3.63) is 53.9 Å². The number of rotatable bonds is 6. The van der Waals surface area contributed by atoms with Crippen LogP contribution in [0.5, 0.6) is 0 Å². The number of aryl methyl sites for hydroxylation is 2. The van der Waals surface area contributed by atoms with Crippen molar-refractivity contribution in [1.82, 2.24) is 19.8 Å². The van der Waals surface area contributed by atoms with Gasteiger partial charge in [-0.05, 0) is 68.5 Å². The predicted molar refractivity (Wildman–Crippen MR) is 122 cm³/mol. The zero-order valence-electron chi connectivity index (χ0n) is 17.2. The third kappa shape index (κ3) is 3.82. The van der Waals surface area contributed by atoms with Gasteiger partial charge >= 0.3 is 0 Å². The van der Waals surface area contributed by atoms with Crippen LogP contribution in [0, 0.1) is 13.8 Å². The molecule has 0 amide bonds. The molecule has 30 heavy (non-hydrogen) atoms. The summed E-state index contributed by atoms with van der Waals surface area (Å²) in [6, 6.07) is 15.0. The van der Waals surface area contributed by atoms with Gasteiger partial charge < -0.3 is 14.8 Å². The van der Waals surface area contributed by atoms with Gasteiger partial charge in [-0.25, -0.2) is 4.98 Å². The number of aromatic nitrogens is 3. The maximum atomic E-state index is 5.42. The van der Waals surface area contributed by atoms with Crippen LogP contribution in [0.4, 0.5) is 11.6 Å². The van der Waals surface area contributed by atoms with Gasteiger partial charge in [0.25, 0.3) is 0 Å². The zero-order chi connectivity index (χ0) is 20.5. The summed E-state index contributed by atoms with van der Waals surface area (Å²) >= 11 is 1.68. The standard InChI is InChI=1S/C23H25N5OS/c1-14-21(15(2)29-27-14)16-12-19-22(20(13-16)30-28-18-10-6-7-11-18)26-23(25-19)24-17-8-4-3-5-9-17/h3-5,8-9,12-13,18,28H,6-7,10-11H2,1-2H3,(H2,24,25,26). The van der Waals surface area contributed by atoms with Gasteiger partial charge in [-0.1, -0.05) is 36.2 Å². The number of fused-ring (bicyclic) bond motifs is 1. The normalized spacial score (nSPS) is 14.6. The van der Waals surface area contributed by atoms with Crippen molar-refractivity contribution >= 4 is 34.6 Å². The van der Waals surface area contributed by atoms with E-state index in [2.05, 4.69) is 32.3 Å². The summed E-state index contributed by atoms with van der Waals surface area (Å²) in [5.41, 5.74) is 5.98. The van der Waals surface area contributed by atoms with Gasteiger partial charge in [0.1, 0.15) is 11.3 Å². The molecule has 0 spiro atoms. The molecule has 3 N–H and O–H groups in total. The molecule has 2 aromatic carbocycles. The maximum absolute atomic E-state index is 5.42. The largest absolute Gasteiger partial charge is 0.361 e. The highest BCUT2D eigenvalue weighted by molar-refractivity contribution is 7.97. The molecule has 6 nitrogen and oxygen atoms in total. The Hall–Kier alpha value is -2.77. The topological polar surface area (TPSA) is 78.8 Å². The molecule has 4 aromatic rings. The minimum Gasteiger partial charge on any atom is -0.361 e. The van der Waals surface area contributed by atoms with Crippen LogP contribution >= 0.6 is 11.9 Å². The molecule has 154 valence electrons. The van der Waals surface area contributed by atoms with Gasteiger partial charge in [0, 0.05) is 17.3 Å². The molecule has 0 radical (unpaired) electrons. The van der Waals surface area contributed by atoms with E-state index < -0.39 is 0 Å². The van der Waals surface area contributed by atoms with E-state index in [0.29, 0.717) is 6.04 Å². The number of H-pyrrole nitrogens is 1. The Balaban J connectivity index is 1.54. The Kier molecular flexibility index (Phi) is 5.23. The number of nitrogens with one attached hydrogen (secondary N) is 3. The van der Waals surface area contributed by atoms with E-state index in [1.165, 1.54) is 25.7 Å². The fraction of sp³-hybridized carbons (Fsp3) is 0.304. The smallest absolute Gasteiger partial charge is 0.205 e. The van der Waals surface area contributed by atoms with Crippen LogP contribution in [0.25, 0.3) is 22.2 Å². The maximum Gasteiger partial charge on any atom is 0.205 e. The first-order valence-corrected chi connectivity index (χ1v) is 11.2. The minimum atomic E-state index is 0.564. The summed E-state index contributed by atoms with van der Waals surface area (Å²) in [4.78, 5) is 9.40. The molecular formula is C23H25N5OS. The average Bonchev–Trinajstić information content (AvgIpc) is 3.47. The van der Waals surface area contributed by atoms with Gasteiger partial charge in [-0.2, -0.15) is 0 Å². The van der Waals surface area contributed by atoms with Crippen LogP contribution in [-0.4, -0.2) is 21.2 Å². The van der Waals surface area contributed by atoms with E-state index in [4.69, 9.17) is 9.51 Å². The second-order valence-corrected chi connectivity index (χ2v) is 8.73. The lowest BCUT2D eigenvalue weighted by Gasteiger charge is -2.12. The van der Waals surface area contributed by atoms with Crippen LogP contribution in [0.2, 0.25) is 0 Å². The Labute approximate surface area is 180 Å². The predicted octanol–water partition coefficient (Wildman–Crippen LogP) is 6.12. The van der Waals surface area contributed by atoms with Crippen molar-refractivity contribution in [2.24, 2.45) is 0 Å². The third-order valence-electron chi connectivity index (χ3n) is 5.60. The first-order valence-electron chi connectivity index (χ1n) is 10.4. The van der Waals surface area contributed by atoms with Gasteiger partial charge in [0.05, 0.1) is 16.1 Å². The van der Waals surface area contributed by atoms with Crippen molar-refractivity contribution in [2.45, 2.75) is 50.5 Å². The number of aromatic amines is 1. The van der Waals surface area contributed by atoms with E-state index in [9.17, 15) is 0 Å². The summed E-state index contributed by atoms with van der Waals surface area (Å²) in [7, 11) is 0. The van der Waals surface area contributed by atoms with E-state index >= 15 is 0 Å². The number of nitrogens with zero attached hydrogens (tertiary/aromatic N) is 2. The summed E-state index contributed by atoms with van der Waals surface area (Å²) in [6.07, 6.45) is 5.09. The molecule has 0 atom stereocenters. The van der Waals surface area contributed by atoms with Crippen molar-refractivity contribution in [2.75, 3.05) is 5.32 Å². The first kappa shape index (κ1) is 19.2. The Morgan fingerprint density at radius 1 is 1.10 bits per heavy atom. The summed E-state index contributed by atoms with van der Waals surface area (Å²) in [5.74, 6) is 1.56. The van der Waals surface area contributed by atoms with E-state index in [1.807, 2.05) is 44.2 Å². The van der Waals surface area contributed by atoms with Gasteiger partial charge in [0.15, 0.2) is 0 Å². The highest BCUT2D eigenvalue weighted by atomic mass is 32.2. The van der Waals surface area contributed by atoms with Crippen LogP contribution in [0.1, 0.15) is 37.1 Å². The van der Waals surface area contributed by atoms with E-state index in [0.717, 1.165) is 50.1 Å². The number of imidazole rings is 1. The minimum absolute atomic E-state index is 0.564. The highest BCUT2D eigenvalue weighted by Crippen LogP contribution is 2.36. The van der Waals surface area contributed by atoms with Crippen molar-refractivity contribution in [1.29, 1.82) is 0 Å². The molecule has 0 saturated heterocycles.